The van der Waals surface area contributed by atoms with E-state index in [4.69, 9.17) is 9.73 Å². The van der Waals surface area contributed by atoms with E-state index < -0.39 is 0 Å². The number of fused-ring (bicyclic) bond motifs is 3. The maximum atomic E-state index is 5.20. The van der Waals surface area contributed by atoms with Crippen molar-refractivity contribution < 1.29 is 4.74 Å². The Labute approximate surface area is 114 Å². The average Bonchev–Trinajstić information content (AvgIpc) is 2.68. The molecule has 0 saturated heterocycles. The highest BCUT2D eigenvalue weighted by Gasteiger charge is 2.35. The molecule has 1 aliphatic heterocycles. The second-order valence-electron chi connectivity index (χ2n) is 5.61. The highest BCUT2D eigenvalue weighted by molar-refractivity contribution is 6.07. The molecule has 0 radical (unpaired) electrons. The zero-order valence-corrected chi connectivity index (χ0v) is 11.7. The number of benzene rings is 2. The Morgan fingerprint density at radius 2 is 1.89 bits per heavy atom. The predicted octanol–water partition coefficient (Wildman–Crippen LogP) is 4.24. The molecule has 0 saturated carbocycles. The van der Waals surface area contributed by atoms with Gasteiger partial charge in [-0.15, -0.1) is 0 Å². The zero-order valence-electron chi connectivity index (χ0n) is 11.7. The highest BCUT2D eigenvalue weighted by atomic mass is 16.5. The lowest BCUT2D eigenvalue weighted by atomic mass is 9.78. The van der Waals surface area contributed by atoms with Crippen molar-refractivity contribution in [2.45, 2.75) is 25.7 Å². The van der Waals surface area contributed by atoms with Gasteiger partial charge < -0.3 is 4.74 Å². The van der Waals surface area contributed by atoms with Gasteiger partial charge in [0.15, 0.2) is 0 Å². The van der Waals surface area contributed by atoms with Gasteiger partial charge in [-0.25, -0.2) is 0 Å². The van der Waals surface area contributed by atoms with Crippen molar-refractivity contribution >= 4 is 22.2 Å². The first-order chi connectivity index (χ1) is 9.14. The smallest absolute Gasteiger partial charge is 0.0677 e. The first-order valence-corrected chi connectivity index (χ1v) is 6.74. The predicted molar refractivity (Wildman–Crippen MR) is 80.6 cm³/mol. The third-order valence-electron chi connectivity index (χ3n) is 4.05. The van der Waals surface area contributed by atoms with Crippen LogP contribution in [0.25, 0.3) is 10.8 Å². The monoisotopic (exact) mass is 253 g/mol. The Balaban J connectivity index is 2.15. The van der Waals surface area contributed by atoms with Gasteiger partial charge in [0, 0.05) is 24.7 Å². The summed E-state index contributed by atoms with van der Waals surface area (Å²) in [6.45, 7) is 5.26. The van der Waals surface area contributed by atoms with E-state index in [1.54, 1.807) is 7.11 Å². The van der Waals surface area contributed by atoms with Crippen molar-refractivity contribution in [3.8, 4) is 0 Å². The summed E-state index contributed by atoms with van der Waals surface area (Å²) >= 11 is 0. The molecule has 0 fully saturated rings. The number of hydrogen-bond donors (Lipinski definition) is 0. The van der Waals surface area contributed by atoms with Crippen LogP contribution < -0.4 is 0 Å². The third kappa shape index (κ3) is 1.87. The molecule has 0 atom stereocenters. The molecule has 0 N–H and O–H groups in total. The molecule has 0 unspecified atom stereocenters. The molecule has 2 nitrogen and oxygen atoms in total. The second-order valence-corrected chi connectivity index (χ2v) is 5.61. The SMILES string of the molecule is COCCC1=Nc2ccc3ccccc3c2C1(C)C. The number of aliphatic imine (C=N–C) groups is 1. The fraction of sp³-hybridized carbons (Fsp3) is 0.353. The number of rotatable bonds is 3. The van der Waals surface area contributed by atoms with E-state index in [2.05, 4.69) is 50.2 Å². The second kappa shape index (κ2) is 4.46. The van der Waals surface area contributed by atoms with Crippen molar-refractivity contribution in [2.75, 3.05) is 13.7 Å². The molecule has 0 spiro atoms. The molecule has 1 aliphatic rings. The van der Waals surface area contributed by atoms with Gasteiger partial charge in [0.2, 0.25) is 0 Å². The van der Waals surface area contributed by atoms with E-state index in [9.17, 15) is 0 Å². The summed E-state index contributed by atoms with van der Waals surface area (Å²) in [6.07, 6.45) is 0.895. The quantitative estimate of drug-likeness (QED) is 0.801. The standard InChI is InChI=1S/C17H19NO/c1-17(2)15(10-11-19-3)18-14-9-8-12-6-4-5-7-13(12)16(14)17/h4-9H,10-11H2,1-3H3. The lowest BCUT2D eigenvalue weighted by Crippen LogP contribution is -2.26. The fourth-order valence-corrected chi connectivity index (χ4v) is 3.01. The Kier molecular flexibility index (Phi) is 2.90. The molecule has 3 rings (SSSR count). The van der Waals surface area contributed by atoms with Gasteiger partial charge in [-0.05, 0) is 22.4 Å². The number of ether oxygens (including phenoxy) is 1. The maximum Gasteiger partial charge on any atom is 0.0677 e. The van der Waals surface area contributed by atoms with E-state index in [1.807, 2.05) is 0 Å². The van der Waals surface area contributed by atoms with Crippen molar-refractivity contribution in [2.24, 2.45) is 4.99 Å². The van der Waals surface area contributed by atoms with Gasteiger partial charge in [-0.2, -0.15) is 0 Å². The van der Waals surface area contributed by atoms with E-state index in [0.717, 1.165) is 18.7 Å². The molecule has 0 aromatic heterocycles. The van der Waals surface area contributed by atoms with Crippen LogP contribution in [0.15, 0.2) is 41.4 Å². The molecular formula is C17H19NO. The van der Waals surface area contributed by atoms with E-state index in [0.29, 0.717) is 0 Å². The van der Waals surface area contributed by atoms with Crippen molar-refractivity contribution in [1.82, 2.24) is 0 Å². The summed E-state index contributed by atoms with van der Waals surface area (Å²) < 4.78 is 5.20. The van der Waals surface area contributed by atoms with Crippen molar-refractivity contribution in [3.05, 3.63) is 42.0 Å². The minimum absolute atomic E-state index is 0.00523. The molecule has 2 heteroatoms. The maximum absolute atomic E-state index is 5.20. The van der Waals surface area contributed by atoms with Gasteiger partial charge in [0.25, 0.3) is 0 Å². The zero-order chi connectivity index (χ0) is 13.5. The largest absolute Gasteiger partial charge is 0.384 e. The third-order valence-corrected chi connectivity index (χ3v) is 4.05. The van der Waals surface area contributed by atoms with E-state index in [1.165, 1.54) is 22.0 Å². The molecule has 98 valence electrons. The van der Waals surface area contributed by atoms with Crippen LogP contribution in [-0.2, 0) is 10.2 Å². The Hall–Kier alpha value is -1.67. The summed E-state index contributed by atoms with van der Waals surface area (Å²) in [4.78, 5) is 4.83. The van der Waals surface area contributed by atoms with Gasteiger partial charge in [-0.1, -0.05) is 44.2 Å². The summed E-state index contributed by atoms with van der Waals surface area (Å²) in [5.74, 6) is 0. The number of nitrogens with zero attached hydrogens (tertiary/aromatic N) is 1. The van der Waals surface area contributed by atoms with Gasteiger partial charge in [0.05, 0.1) is 12.3 Å². The molecular weight excluding hydrogens is 234 g/mol. The van der Waals surface area contributed by atoms with E-state index >= 15 is 0 Å². The molecule has 0 bridgehead atoms. The summed E-state index contributed by atoms with van der Waals surface area (Å²) in [5, 5.41) is 2.61. The normalized spacial score (nSPS) is 16.5. The average molecular weight is 253 g/mol. The molecule has 2 aromatic carbocycles. The molecule has 2 aromatic rings. The fourth-order valence-electron chi connectivity index (χ4n) is 3.01. The van der Waals surface area contributed by atoms with Crippen LogP contribution in [0.1, 0.15) is 25.8 Å². The first-order valence-electron chi connectivity index (χ1n) is 6.74. The summed E-state index contributed by atoms with van der Waals surface area (Å²) in [6, 6.07) is 12.9. The van der Waals surface area contributed by atoms with Crippen LogP contribution >= 0.6 is 0 Å². The van der Waals surface area contributed by atoms with Crippen LogP contribution in [0, 0.1) is 0 Å². The summed E-state index contributed by atoms with van der Waals surface area (Å²) in [7, 11) is 1.74. The number of methoxy groups -OCH3 is 1. The Morgan fingerprint density at radius 3 is 2.68 bits per heavy atom. The van der Waals surface area contributed by atoms with Crippen LogP contribution in [0.4, 0.5) is 5.69 Å². The van der Waals surface area contributed by atoms with Crippen LogP contribution in [0.3, 0.4) is 0 Å². The minimum atomic E-state index is -0.00523. The summed E-state index contributed by atoms with van der Waals surface area (Å²) in [5.41, 5.74) is 3.70. The topological polar surface area (TPSA) is 21.6 Å². The molecule has 19 heavy (non-hydrogen) atoms. The van der Waals surface area contributed by atoms with Crippen LogP contribution in [-0.4, -0.2) is 19.4 Å². The molecule has 0 amide bonds. The first kappa shape index (κ1) is 12.4. The molecule has 1 heterocycles. The Morgan fingerprint density at radius 1 is 1.11 bits per heavy atom. The lowest BCUT2D eigenvalue weighted by Gasteiger charge is -2.23. The molecule has 0 aliphatic carbocycles. The lowest BCUT2D eigenvalue weighted by molar-refractivity contribution is 0.206. The van der Waals surface area contributed by atoms with Gasteiger partial charge in [0.1, 0.15) is 0 Å². The van der Waals surface area contributed by atoms with Crippen LogP contribution in [0.5, 0.6) is 0 Å². The van der Waals surface area contributed by atoms with Crippen molar-refractivity contribution in [3.63, 3.8) is 0 Å². The van der Waals surface area contributed by atoms with Gasteiger partial charge in [-0.3, -0.25) is 4.99 Å². The highest BCUT2D eigenvalue weighted by Crippen LogP contribution is 2.44. The number of hydrogen-bond acceptors (Lipinski definition) is 2. The van der Waals surface area contributed by atoms with Gasteiger partial charge >= 0.3 is 0 Å². The van der Waals surface area contributed by atoms with Crippen molar-refractivity contribution in [1.29, 1.82) is 0 Å². The Bertz CT molecular complexity index is 655. The van der Waals surface area contributed by atoms with E-state index in [-0.39, 0.29) is 5.41 Å². The minimum Gasteiger partial charge on any atom is -0.384 e. The van der Waals surface area contributed by atoms with Crippen LogP contribution in [0.2, 0.25) is 0 Å².